The number of alkyl halides is 1. The summed E-state index contributed by atoms with van der Waals surface area (Å²) in [6.45, 7) is 15.8. The molecular formula is C30H45BrN4O3. The highest BCUT2D eigenvalue weighted by Gasteiger charge is 2.28. The van der Waals surface area contributed by atoms with Gasteiger partial charge in [0, 0.05) is 49.5 Å². The summed E-state index contributed by atoms with van der Waals surface area (Å²) in [7, 11) is 1.53. The average Bonchev–Trinajstić information content (AvgIpc) is 2.98. The third kappa shape index (κ3) is 10.7. The second kappa shape index (κ2) is 19.9. The molecule has 38 heavy (non-hydrogen) atoms. The number of allylic oxidation sites excluding steroid dienone is 3. The van der Waals surface area contributed by atoms with Gasteiger partial charge in [-0.15, -0.1) is 0 Å². The van der Waals surface area contributed by atoms with Crippen LogP contribution in [0.3, 0.4) is 0 Å². The highest BCUT2D eigenvalue weighted by Crippen LogP contribution is 2.25. The molecule has 210 valence electrons. The highest BCUT2D eigenvalue weighted by atomic mass is 79.9. The van der Waals surface area contributed by atoms with Crippen LogP contribution in [0, 0.1) is 0 Å². The first kappa shape index (κ1) is 34.9. The van der Waals surface area contributed by atoms with Crippen LogP contribution in [0.2, 0.25) is 0 Å². The largest absolute Gasteiger partial charge is 0.501 e. The molecule has 0 aliphatic carbocycles. The second-order valence-corrected chi connectivity index (χ2v) is 7.91. The lowest BCUT2D eigenvalue weighted by Gasteiger charge is -2.35. The molecule has 1 aliphatic heterocycles. The van der Waals surface area contributed by atoms with Crippen molar-refractivity contribution < 1.29 is 14.3 Å². The maximum absolute atomic E-state index is 13.0. The Morgan fingerprint density at radius 1 is 0.947 bits per heavy atom. The number of Topliss-reactive ketones (excluding diaryl/α,β-unsaturated/α-hetero) is 1. The van der Waals surface area contributed by atoms with Crippen LogP contribution >= 0.6 is 15.9 Å². The lowest BCUT2D eigenvalue weighted by atomic mass is 10.1. The minimum atomic E-state index is -0.562. The monoisotopic (exact) mass is 588 g/mol. The number of nitrogens with zero attached hydrogens (tertiary/aromatic N) is 3. The fraction of sp³-hybridized carbons (Fsp3) is 0.433. The van der Waals surface area contributed by atoms with Crippen LogP contribution in [0.4, 0.5) is 5.82 Å². The van der Waals surface area contributed by atoms with Crippen molar-refractivity contribution in [1.82, 2.24) is 15.2 Å². The number of benzene rings is 1. The molecule has 7 nitrogen and oxygen atoms in total. The third-order valence-corrected chi connectivity index (χ3v) is 5.27. The Kier molecular flexibility index (Phi) is 18.3. The summed E-state index contributed by atoms with van der Waals surface area (Å²) < 4.78 is 5.17. The lowest BCUT2D eigenvalue weighted by molar-refractivity contribution is -0.142. The van der Waals surface area contributed by atoms with Gasteiger partial charge in [0.05, 0.1) is 12.9 Å². The number of aromatic nitrogens is 1. The Labute approximate surface area is 237 Å². The SMILES string of the molecule is CBr.CC.CC.CO/C(C)=C\C(=C/NC=C(C)C)C(=O)C(=O)N1CCN(c2nccc3ccccc23)CC1. The van der Waals surface area contributed by atoms with Crippen molar-refractivity contribution in [3.63, 3.8) is 0 Å². The topological polar surface area (TPSA) is 74.8 Å². The Morgan fingerprint density at radius 3 is 2.13 bits per heavy atom. The maximum atomic E-state index is 13.0. The zero-order valence-electron chi connectivity index (χ0n) is 24.5. The molecule has 1 aromatic heterocycles. The predicted octanol–water partition coefficient (Wildman–Crippen LogP) is 6.46. The van der Waals surface area contributed by atoms with E-state index in [1.165, 1.54) is 13.3 Å². The van der Waals surface area contributed by atoms with Crippen LogP contribution in [-0.4, -0.2) is 60.7 Å². The van der Waals surface area contributed by atoms with E-state index in [0.717, 1.165) is 22.2 Å². The summed E-state index contributed by atoms with van der Waals surface area (Å²) in [6.07, 6.45) is 6.68. The molecule has 0 bridgehead atoms. The minimum absolute atomic E-state index is 0.255. The normalized spacial score (nSPS) is 13.0. The molecule has 0 atom stereocenters. The molecule has 8 heteroatoms. The number of piperazine rings is 1. The molecule has 1 aliphatic rings. The summed E-state index contributed by atoms with van der Waals surface area (Å²) in [5, 5.41) is 5.18. The number of ketones is 1. The lowest BCUT2D eigenvalue weighted by Crippen LogP contribution is -2.51. The number of rotatable bonds is 7. The minimum Gasteiger partial charge on any atom is -0.501 e. The number of nitrogens with one attached hydrogen (secondary N) is 1. The number of methoxy groups -OCH3 is 1. The molecule has 1 N–H and O–H groups in total. The van der Waals surface area contributed by atoms with E-state index in [1.54, 1.807) is 30.3 Å². The summed E-state index contributed by atoms with van der Waals surface area (Å²) >= 11 is 2.94. The molecule has 0 radical (unpaired) electrons. The standard InChI is InChI=1S/C25H30N4O3.2C2H6.CH3Br/c1-18(2)16-26-17-21(15-19(3)32-4)23(30)25(31)29-13-11-28(12-14-29)24-22-8-6-5-7-20(22)9-10-27-24;3*1-2/h5-10,15-17,26H,11-14H2,1-4H3;2*1-2H3;1H3/b19-15-,21-17+;;;. The first-order valence-corrected chi connectivity index (χ1v) is 14.6. The highest BCUT2D eigenvalue weighted by molar-refractivity contribution is 9.08. The van der Waals surface area contributed by atoms with Crippen molar-refractivity contribution in [3.05, 3.63) is 71.9 Å². The third-order valence-electron chi connectivity index (χ3n) is 5.27. The van der Waals surface area contributed by atoms with E-state index < -0.39 is 11.7 Å². The van der Waals surface area contributed by atoms with E-state index in [-0.39, 0.29) is 5.57 Å². The van der Waals surface area contributed by atoms with Crippen LogP contribution in [0.5, 0.6) is 0 Å². The Bertz CT molecular complexity index is 1080. The van der Waals surface area contributed by atoms with Gasteiger partial charge in [-0.25, -0.2) is 4.98 Å². The molecule has 2 heterocycles. The molecule has 0 saturated carbocycles. The van der Waals surface area contributed by atoms with E-state index in [0.29, 0.717) is 31.9 Å². The number of carbonyl (C=O) groups is 2. The van der Waals surface area contributed by atoms with Crippen molar-refractivity contribution in [2.45, 2.75) is 48.5 Å². The molecule has 0 unspecified atom stereocenters. The van der Waals surface area contributed by atoms with Gasteiger partial charge in [0.15, 0.2) is 0 Å². The van der Waals surface area contributed by atoms with Crippen LogP contribution in [-0.2, 0) is 14.3 Å². The molecule has 1 aromatic carbocycles. The van der Waals surface area contributed by atoms with Gasteiger partial charge >= 0.3 is 0 Å². The number of hydrogen-bond acceptors (Lipinski definition) is 6. The smallest absolute Gasteiger partial charge is 0.295 e. The molecule has 0 spiro atoms. The number of ether oxygens (including phenoxy) is 1. The first-order valence-electron chi connectivity index (χ1n) is 13.0. The van der Waals surface area contributed by atoms with Gasteiger partial charge < -0.3 is 19.9 Å². The molecule has 3 rings (SSSR count). The van der Waals surface area contributed by atoms with Crippen molar-refractivity contribution in [3.8, 4) is 0 Å². The van der Waals surface area contributed by atoms with Crippen LogP contribution < -0.4 is 10.2 Å². The molecule has 1 fully saturated rings. The number of pyridine rings is 1. The number of fused-ring (bicyclic) bond motifs is 1. The quantitative estimate of drug-likeness (QED) is 0.131. The van der Waals surface area contributed by atoms with Crippen molar-refractivity contribution in [2.24, 2.45) is 0 Å². The van der Waals surface area contributed by atoms with Crippen molar-refractivity contribution in [1.29, 1.82) is 0 Å². The van der Waals surface area contributed by atoms with Gasteiger partial charge in [-0.3, -0.25) is 9.59 Å². The van der Waals surface area contributed by atoms with E-state index in [9.17, 15) is 9.59 Å². The summed E-state index contributed by atoms with van der Waals surface area (Å²) in [6, 6.07) is 10.1. The van der Waals surface area contributed by atoms with E-state index in [1.807, 2.05) is 65.6 Å². The average molecular weight is 590 g/mol. The van der Waals surface area contributed by atoms with E-state index >= 15 is 0 Å². The van der Waals surface area contributed by atoms with Crippen LogP contribution in [0.1, 0.15) is 48.5 Å². The van der Waals surface area contributed by atoms with E-state index in [2.05, 4.69) is 43.3 Å². The molecule has 2 aromatic rings. The molecular weight excluding hydrogens is 544 g/mol. The number of anilines is 1. The van der Waals surface area contributed by atoms with Crippen molar-refractivity contribution >= 4 is 44.2 Å². The van der Waals surface area contributed by atoms with Crippen molar-refractivity contribution in [2.75, 3.05) is 44.0 Å². The Morgan fingerprint density at radius 2 is 1.55 bits per heavy atom. The molecule has 1 amide bonds. The van der Waals surface area contributed by atoms with Gasteiger partial charge in [-0.1, -0.05) is 73.5 Å². The number of carbonyl (C=O) groups excluding carboxylic acids is 2. The fourth-order valence-electron chi connectivity index (χ4n) is 3.49. The summed E-state index contributed by atoms with van der Waals surface area (Å²) in [5.41, 5.74) is 1.30. The first-order chi connectivity index (χ1) is 18.4. The van der Waals surface area contributed by atoms with Gasteiger partial charge in [-0.2, -0.15) is 0 Å². The van der Waals surface area contributed by atoms with Gasteiger partial charge in [0.2, 0.25) is 0 Å². The summed E-state index contributed by atoms with van der Waals surface area (Å²) in [5.74, 6) is 2.19. The van der Waals surface area contributed by atoms with E-state index in [4.69, 9.17) is 4.74 Å². The zero-order valence-corrected chi connectivity index (χ0v) is 26.1. The number of hydrogen-bond donors (Lipinski definition) is 1. The zero-order chi connectivity index (χ0) is 29.1. The van der Waals surface area contributed by atoms with Crippen LogP contribution in [0.25, 0.3) is 10.8 Å². The summed E-state index contributed by atoms with van der Waals surface area (Å²) in [4.78, 5) is 34.2. The maximum Gasteiger partial charge on any atom is 0.295 e. The Hall–Kier alpha value is -3.13. The number of amides is 1. The second-order valence-electron chi connectivity index (χ2n) is 7.91. The van der Waals surface area contributed by atoms with Crippen LogP contribution in [0.15, 0.2) is 71.9 Å². The van der Waals surface area contributed by atoms with Gasteiger partial charge in [0.25, 0.3) is 11.7 Å². The van der Waals surface area contributed by atoms with Gasteiger partial charge in [0.1, 0.15) is 5.82 Å². The Balaban J connectivity index is 0.00000213. The number of halogens is 1. The van der Waals surface area contributed by atoms with Gasteiger partial charge in [-0.05, 0) is 50.3 Å². The fourth-order valence-corrected chi connectivity index (χ4v) is 3.49. The molecule has 1 saturated heterocycles. The predicted molar refractivity (Wildman–Crippen MR) is 165 cm³/mol.